The lowest BCUT2D eigenvalue weighted by Crippen LogP contribution is -2.56. The SMILES string of the molecule is [2H]c1c(OC)c(C)c([2H])c2c1c(C([2H])([2H])C)c(-c1ccc(O)cc1)n2C(C)(C)c1ccc(OC(C)C(C)N2C(C)CCCCC2(C)C)cc1C. The quantitative estimate of drug-likeness (QED) is 0.200. The molecule has 248 valence electrons. The van der Waals surface area contributed by atoms with E-state index in [1.165, 1.54) is 39.7 Å². The third-order valence-corrected chi connectivity index (χ3v) is 10.3. The summed E-state index contributed by atoms with van der Waals surface area (Å²) in [5.74, 6) is 1.15. The maximum atomic E-state index is 10.2. The van der Waals surface area contributed by atoms with Crippen molar-refractivity contribution in [3.63, 3.8) is 0 Å². The van der Waals surface area contributed by atoms with E-state index in [2.05, 4.69) is 72.4 Å². The second-order valence-electron chi connectivity index (χ2n) is 14.4. The van der Waals surface area contributed by atoms with E-state index in [-0.39, 0.29) is 41.3 Å². The molecule has 0 radical (unpaired) electrons. The number of nitrogens with zero attached hydrogens (tertiary/aromatic N) is 2. The van der Waals surface area contributed by atoms with Crippen LogP contribution < -0.4 is 9.47 Å². The van der Waals surface area contributed by atoms with Crippen LogP contribution in [0.25, 0.3) is 22.2 Å². The summed E-state index contributed by atoms with van der Waals surface area (Å²) in [5.41, 5.74) is 3.79. The van der Waals surface area contributed by atoms with Crippen molar-refractivity contribution in [1.82, 2.24) is 9.47 Å². The number of hydrogen-bond acceptors (Lipinski definition) is 4. The van der Waals surface area contributed by atoms with Crippen LogP contribution >= 0.6 is 0 Å². The Balaban J connectivity index is 1.67. The normalized spacial score (nSPS) is 20.3. The highest BCUT2D eigenvalue weighted by Crippen LogP contribution is 2.44. The molecule has 0 aliphatic carbocycles. The number of phenolic OH excluding ortho intramolecular Hbond substituents is 1. The Hall–Kier alpha value is -3.44. The first-order valence-corrected chi connectivity index (χ1v) is 16.8. The van der Waals surface area contributed by atoms with Crippen molar-refractivity contribution < 1.29 is 20.1 Å². The van der Waals surface area contributed by atoms with Crippen LogP contribution in [0.3, 0.4) is 0 Å². The van der Waals surface area contributed by atoms with Gasteiger partial charge in [0.25, 0.3) is 0 Å². The lowest BCUT2D eigenvalue weighted by Gasteiger charge is -2.46. The van der Waals surface area contributed by atoms with E-state index in [9.17, 15) is 7.85 Å². The number of aromatic hydroxyl groups is 1. The number of hydrogen-bond donors (Lipinski definition) is 1. The molecule has 1 aromatic heterocycles. The summed E-state index contributed by atoms with van der Waals surface area (Å²) < 4.78 is 51.1. The third kappa shape index (κ3) is 6.15. The van der Waals surface area contributed by atoms with Crippen LogP contribution in [0.1, 0.15) is 109 Å². The molecule has 2 heterocycles. The van der Waals surface area contributed by atoms with Gasteiger partial charge in [-0.15, -0.1) is 0 Å². The summed E-state index contributed by atoms with van der Waals surface area (Å²) in [6, 6.07) is 13.8. The minimum absolute atomic E-state index is 0.0452. The van der Waals surface area contributed by atoms with Crippen molar-refractivity contribution in [2.24, 2.45) is 0 Å². The van der Waals surface area contributed by atoms with Gasteiger partial charge in [-0.2, -0.15) is 0 Å². The van der Waals surface area contributed by atoms with E-state index in [1.807, 2.05) is 10.6 Å². The molecule has 3 aromatic carbocycles. The van der Waals surface area contributed by atoms with Gasteiger partial charge in [-0.1, -0.05) is 25.8 Å². The molecule has 5 heteroatoms. The van der Waals surface area contributed by atoms with Crippen LogP contribution in [-0.2, 0) is 11.9 Å². The predicted octanol–water partition coefficient (Wildman–Crippen LogP) is 10.2. The van der Waals surface area contributed by atoms with Crippen molar-refractivity contribution in [2.45, 2.75) is 131 Å². The average molecular weight is 629 g/mol. The van der Waals surface area contributed by atoms with Crippen molar-refractivity contribution in [2.75, 3.05) is 7.11 Å². The molecule has 46 heavy (non-hydrogen) atoms. The number of ether oxygens (including phenoxy) is 2. The number of aryl methyl sites for hydroxylation is 2. The molecule has 0 spiro atoms. The first-order chi connectivity index (χ1) is 23.2. The number of fused-ring (bicyclic) bond motifs is 1. The second-order valence-corrected chi connectivity index (χ2v) is 14.4. The molecule has 1 aliphatic rings. The zero-order chi connectivity index (χ0) is 37.1. The van der Waals surface area contributed by atoms with Crippen LogP contribution in [0.15, 0.2) is 54.5 Å². The fourth-order valence-corrected chi connectivity index (χ4v) is 8.02. The van der Waals surface area contributed by atoms with E-state index in [0.717, 1.165) is 16.9 Å². The van der Waals surface area contributed by atoms with Crippen LogP contribution in [0.4, 0.5) is 0 Å². The zero-order valence-corrected chi connectivity index (χ0v) is 29.8. The van der Waals surface area contributed by atoms with Gasteiger partial charge < -0.3 is 19.1 Å². The summed E-state index contributed by atoms with van der Waals surface area (Å²) >= 11 is 0. The predicted molar refractivity (Wildman–Crippen MR) is 193 cm³/mol. The molecule has 1 aliphatic heterocycles. The van der Waals surface area contributed by atoms with Crippen molar-refractivity contribution in [3.05, 3.63) is 76.8 Å². The molecule has 1 saturated heterocycles. The van der Waals surface area contributed by atoms with Gasteiger partial charge in [0.2, 0.25) is 0 Å². The van der Waals surface area contributed by atoms with Gasteiger partial charge in [-0.3, -0.25) is 4.90 Å². The van der Waals surface area contributed by atoms with Gasteiger partial charge in [-0.05, 0) is 158 Å². The molecule has 3 unspecified atom stereocenters. The summed E-state index contributed by atoms with van der Waals surface area (Å²) in [5, 5.41) is 10.5. The van der Waals surface area contributed by atoms with E-state index < -0.39 is 11.9 Å². The summed E-state index contributed by atoms with van der Waals surface area (Å²) in [6.45, 7) is 21.0. The molecule has 1 N–H and O–H groups in total. The van der Waals surface area contributed by atoms with Gasteiger partial charge >= 0.3 is 0 Å². The van der Waals surface area contributed by atoms with E-state index in [1.54, 1.807) is 31.2 Å². The first-order valence-electron chi connectivity index (χ1n) is 18.8. The van der Waals surface area contributed by atoms with Crippen LogP contribution in [0.2, 0.25) is 0 Å². The number of benzene rings is 3. The van der Waals surface area contributed by atoms with Crippen LogP contribution in [0, 0.1) is 13.8 Å². The average Bonchev–Trinajstić information content (AvgIpc) is 3.34. The Kier molecular flexibility index (Phi) is 8.12. The van der Waals surface area contributed by atoms with Gasteiger partial charge in [-0.25, -0.2) is 0 Å². The Morgan fingerprint density at radius 2 is 1.76 bits per heavy atom. The minimum Gasteiger partial charge on any atom is -0.508 e. The maximum Gasteiger partial charge on any atom is 0.122 e. The fourth-order valence-electron chi connectivity index (χ4n) is 8.02. The van der Waals surface area contributed by atoms with Crippen LogP contribution in [-0.4, -0.2) is 45.4 Å². The smallest absolute Gasteiger partial charge is 0.122 e. The zero-order valence-electron chi connectivity index (χ0n) is 33.8. The molecule has 0 amide bonds. The highest BCUT2D eigenvalue weighted by Gasteiger charge is 2.38. The highest BCUT2D eigenvalue weighted by molar-refractivity contribution is 5.94. The number of methoxy groups -OCH3 is 1. The van der Waals surface area contributed by atoms with Gasteiger partial charge in [0, 0.05) is 25.8 Å². The highest BCUT2D eigenvalue weighted by atomic mass is 16.5. The van der Waals surface area contributed by atoms with Gasteiger partial charge in [0.1, 0.15) is 23.4 Å². The monoisotopic (exact) mass is 628 g/mol. The molecule has 1 fully saturated rings. The number of likely N-dealkylation sites (tertiary alicyclic amines) is 1. The standard InChI is InChI=1S/C41H56N2O3/c1-12-34-35-25-38(45-11)27(3)24-37(35)43(39(34)31-16-18-32(44)19-17-31)41(9,10)36-21-20-33(23-26(36)2)46-30(6)29(5)42-28(4)15-13-14-22-40(42,7)8/h16-21,23-25,28-30,44H,12-15,22H2,1-11H3/i12D2,24D,25D. The van der Waals surface area contributed by atoms with Crippen molar-refractivity contribution in [1.29, 1.82) is 0 Å². The maximum absolute atomic E-state index is 10.2. The Morgan fingerprint density at radius 3 is 2.39 bits per heavy atom. The lowest BCUT2D eigenvalue weighted by atomic mass is 9.89. The largest absolute Gasteiger partial charge is 0.508 e. The van der Waals surface area contributed by atoms with E-state index in [4.69, 9.17) is 12.2 Å². The number of aromatic nitrogens is 1. The van der Waals surface area contributed by atoms with E-state index >= 15 is 0 Å². The Morgan fingerprint density at radius 1 is 1.07 bits per heavy atom. The molecule has 3 atom stereocenters. The number of rotatable bonds is 9. The Bertz CT molecular complexity index is 1870. The first kappa shape index (κ1) is 28.8. The van der Waals surface area contributed by atoms with Crippen molar-refractivity contribution in [3.8, 4) is 28.5 Å². The van der Waals surface area contributed by atoms with E-state index in [0.29, 0.717) is 39.3 Å². The van der Waals surface area contributed by atoms with Crippen molar-refractivity contribution >= 4 is 10.9 Å². The molecular formula is C41H56N2O3. The molecule has 5 nitrogen and oxygen atoms in total. The third-order valence-electron chi connectivity index (χ3n) is 10.3. The minimum atomic E-state index is -1.88. The summed E-state index contributed by atoms with van der Waals surface area (Å²) in [6.07, 6.45) is 2.95. The number of phenols is 1. The molecule has 5 rings (SSSR count). The molecule has 0 bridgehead atoms. The Labute approximate surface area is 283 Å². The molecular weight excluding hydrogens is 568 g/mol. The van der Waals surface area contributed by atoms with Gasteiger partial charge in [0.05, 0.1) is 26.6 Å². The summed E-state index contributed by atoms with van der Waals surface area (Å²) in [4.78, 5) is 2.65. The molecule has 4 aromatic rings. The fraction of sp³-hybridized carbons (Fsp3) is 0.512. The molecule has 0 saturated carbocycles. The van der Waals surface area contributed by atoms with Crippen LogP contribution in [0.5, 0.6) is 17.2 Å². The topological polar surface area (TPSA) is 46.9 Å². The lowest BCUT2D eigenvalue weighted by molar-refractivity contribution is -0.00893. The van der Waals surface area contributed by atoms with Gasteiger partial charge in [0.15, 0.2) is 0 Å². The second kappa shape index (κ2) is 13.0. The summed E-state index contributed by atoms with van der Waals surface area (Å²) in [7, 11) is 1.48.